The van der Waals surface area contributed by atoms with Gasteiger partial charge in [0.1, 0.15) is 6.33 Å². The van der Waals surface area contributed by atoms with Crippen molar-refractivity contribution in [3.8, 4) is 5.69 Å². The molecule has 5 rings (SSSR count). The summed E-state index contributed by atoms with van der Waals surface area (Å²) in [6, 6.07) is 17.2. The molecular weight excluding hydrogens is 388 g/mol. The predicted molar refractivity (Wildman–Crippen MR) is 123 cm³/mol. The molecule has 31 heavy (non-hydrogen) atoms. The summed E-state index contributed by atoms with van der Waals surface area (Å²) >= 11 is 0. The molecular formula is C24H30N6O. The van der Waals surface area contributed by atoms with Crippen LogP contribution in [0.4, 0.5) is 17.3 Å². The van der Waals surface area contributed by atoms with Crippen LogP contribution < -0.4 is 10.2 Å². The van der Waals surface area contributed by atoms with Crippen LogP contribution in [0, 0.1) is 6.92 Å². The lowest BCUT2D eigenvalue weighted by molar-refractivity contribution is 0.0159. The zero-order valence-corrected chi connectivity index (χ0v) is 18.1. The van der Waals surface area contributed by atoms with Crippen LogP contribution in [0.5, 0.6) is 0 Å². The summed E-state index contributed by atoms with van der Waals surface area (Å²) in [5, 5.41) is 7.95. The smallest absolute Gasteiger partial charge is 0.246 e. The molecule has 162 valence electrons. The number of hydrogen-bond acceptors (Lipinski definition) is 6. The van der Waals surface area contributed by atoms with Crippen LogP contribution in [0.1, 0.15) is 18.4 Å². The average Bonchev–Trinajstić information content (AvgIpc) is 3.28. The molecule has 0 saturated carbocycles. The topological polar surface area (TPSA) is 58.5 Å². The van der Waals surface area contributed by atoms with Crippen LogP contribution in [0.2, 0.25) is 0 Å². The van der Waals surface area contributed by atoms with Crippen LogP contribution in [0.3, 0.4) is 0 Å². The Balaban J connectivity index is 1.25. The quantitative estimate of drug-likeness (QED) is 0.683. The number of nitrogens with one attached hydrogen (secondary N) is 1. The normalized spacial score (nSPS) is 20.0. The molecule has 0 spiro atoms. The third kappa shape index (κ3) is 4.73. The maximum atomic E-state index is 5.69. The lowest BCUT2D eigenvalue weighted by atomic mass is 10.1. The second kappa shape index (κ2) is 9.08. The molecule has 2 saturated heterocycles. The molecule has 1 unspecified atom stereocenters. The van der Waals surface area contributed by atoms with Gasteiger partial charge in [-0.05, 0) is 55.7 Å². The van der Waals surface area contributed by atoms with E-state index in [0.717, 1.165) is 50.8 Å². The highest BCUT2D eigenvalue weighted by molar-refractivity contribution is 5.64. The number of nitrogens with zero attached hydrogens (tertiary/aromatic N) is 5. The van der Waals surface area contributed by atoms with Gasteiger partial charge < -0.3 is 15.0 Å². The van der Waals surface area contributed by atoms with E-state index in [2.05, 4.69) is 50.3 Å². The number of ether oxygens (including phenoxy) is 1. The monoisotopic (exact) mass is 418 g/mol. The van der Waals surface area contributed by atoms with Gasteiger partial charge in [0.25, 0.3) is 0 Å². The lowest BCUT2D eigenvalue weighted by Gasteiger charge is -2.41. The molecule has 2 aromatic carbocycles. The van der Waals surface area contributed by atoms with Crippen molar-refractivity contribution in [3.05, 3.63) is 60.4 Å². The van der Waals surface area contributed by atoms with E-state index >= 15 is 0 Å². The highest BCUT2D eigenvalue weighted by atomic mass is 16.5. The number of piperazine rings is 1. The van der Waals surface area contributed by atoms with Gasteiger partial charge in [0.15, 0.2) is 0 Å². The number of anilines is 3. The van der Waals surface area contributed by atoms with Gasteiger partial charge >= 0.3 is 0 Å². The van der Waals surface area contributed by atoms with Gasteiger partial charge in [-0.2, -0.15) is 4.98 Å². The molecule has 3 heterocycles. The van der Waals surface area contributed by atoms with Crippen molar-refractivity contribution < 1.29 is 4.74 Å². The van der Waals surface area contributed by atoms with Crippen molar-refractivity contribution in [2.45, 2.75) is 25.8 Å². The predicted octanol–water partition coefficient (Wildman–Crippen LogP) is 3.62. The summed E-state index contributed by atoms with van der Waals surface area (Å²) in [4.78, 5) is 9.51. The van der Waals surface area contributed by atoms with Gasteiger partial charge in [-0.15, -0.1) is 5.10 Å². The minimum Gasteiger partial charge on any atom is -0.380 e. The van der Waals surface area contributed by atoms with Gasteiger partial charge in [-0.3, -0.25) is 4.90 Å². The third-order valence-corrected chi connectivity index (χ3v) is 6.16. The Hall–Kier alpha value is -2.90. The number of hydrogen-bond donors (Lipinski definition) is 1. The van der Waals surface area contributed by atoms with E-state index in [4.69, 9.17) is 4.74 Å². The Morgan fingerprint density at radius 2 is 1.84 bits per heavy atom. The molecule has 7 heteroatoms. The van der Waals surface area contributed by atoms with Crippen LogP contribution in [-0.4, -0.2) is 65.1 Å². The first kappa shape index (κ1) is 20.0. The summed E-state index contributed by atoms with van der Waals surface area (Å²) in [6.07, 6.45) is 4.19. The highest BCUT2D eigenvalue weighted by Gasteiger charge is 2.25. The van der Waals surface area contributed by atoms with Gasteiger partial charge in [0.2, 0.25) is 5.95 Å². The summed E-state index contributed by atoms with van der Waals surface area (Å²) < 4.78 is 7.47. The number of aryl methyl sites for hydroxylation is 1. The maximum absolute atomic E-state index is 5.69. The summed E-state index contributed by atoms with van der Waals surface area (Å²) in [6.45, 7) is 8.22. The second-order valence-corrected chi connectivity index (χ2v) is 8.42. The minimum atomic E-state index is 0.594. The summed E-state index contributed by atoms with van der Waals surface area (Å²) in [5.41, 5.74) is 4.49. The van der Waals surface area contributed by atoms with Gasteiger partial charge in [0.05, 0.1) is 12.3 Å². The van der Waals surface area contributed by atoms with Crippen molar-refractivity contribution in [1.82, 2.24) is 19.7 Å². The Labute approximate surface area is 183 Å². The summed E-state index contributed by atoms with van der Waals surface area (Å²) in [5.74, 6) is 0.600. The van der Waals surface area contributed by atoms with Crippen LogP contribution in [0.25, 0.3) is 5.69 Å². The zero-order chi connectivity index (χ0) is 21.0. The first-order chi connectivity index (χ1) is 15.2. The number of benzene rings is 2. The Morgan fingerprint density at radius 3 is 2.61 bits per heavy atom. The van der Waals surface area contributed by atoms with Crippen LogP contribution in [0.15, 0.2) is 54.9 Å². The van der Waals surface area contributed by atoms with Crippen LogP contribution in [-0.2, 0) is 4.74 Å². The van der Waals surface area contributed by atoms with E-state index in [0.29, 0.717) is 12.0 Å². The molecule has 3 aromatic rings. The molecule has 2 aliphatic rings. The molecule has 0 amide bonds. The Morgan fingerprint density at radius 1 is 1.00 bits per heavy atom. The molecule has 1 aromatic heterocycles. The fraction of sp³-hybridized carbons (Fsp3) is 0.417. The van der Waals surface area contributed by atoms with Gasteiger partial charge in [-0.25, -0.2) is 4.68 Å². The van der Waals surface area contributed by atoms with Crippen molar-refractivity contribution in [2.24, 2.45) is 0 Å². The number of para-hydroxylation sites is 1. The van der Waals surface area contributed by atoms with E-state index < -0.39 is 0 Å². The van der Waals surface area contributed by atoms with E-state index in [1.54, 1.807) is 11.0 Å². The molecule has 7 nitrogen and oxygen atoms in total. The molecule has 0 radical (unpaired) electrons. The molecule has 2 aliphatic heterocycles. The molecule has 1 atom stereocenters. The van der Waals surface area contributed by atoms with Crippen molar-refractivity contribution in [1.29, 1.82) is 0 Å². The standard InChI is InChI=1S/C24H30N6O/c1-19-14-20(26-24-25-18-30(27-24)21-6-3-2-4-7-21)16-23(15-19)29-11-9-28(10-12-29)22-8-5-13-31-17-22/h2-4,6-7,14-16,18,22H,5,8-13,17H2,1H3,(H,26,27). The average molecular weight is 419 g/mol. The maximum Gasteiger partial charge on any atom is 0.246 e. The zero-order valence-electron chi connectivity index (χ0n) is 18.1. The van der Waals surface area contributed by atoms with Crippen LogP contribution >= 0.6 is 0 Å². The third-order valence-electron chi connectivity index (χ3n) is 6.16. The largest absolute Gasteiger partial charge is 0.380 e. The van der Waals surface area contributed by atoms with E-state index in [1.807, 2.05) is 30.3 Å². The first-order valence-electron chi connectivity index (χ1n) is 11.2. The first-order valence-corrected chi connectivity index (χ1v) is 11.2. The molecule has 2 fully saturated rings. The van der Waals surface area contributed by atoms with Crippen molar-refractivity contribution >= 4 is 17.3 Å². The molecule has 0 aliphatic carbocycles. The van der Waals surface area contributed by atoms with Gasteiger partial charge in [0, 0.05) is 50.2 Å². The fourth-order valence-electron chi connectivity index (χ4n) is 4.53. The molecule has 0 bridgehead atoms. The number of rotatable bonds is 5. The Kier molecular flexibility index (Phi) is 5.86. The molecule has 1 N–H and O–H groups in total. The lowest BCUT2D eigenvalue weighted by Crippen LogP contribution is -2.52. The van der Waals surface area contributed by atoms with Gasteiger partial charge in [-0.1, -0.05) is 18.2 Å². The Bertz CT molecular complexity index is 990. The minimum absolute atomic E-state index is 0.594. The fourth-order valence-corrected chi connectivity index (χ4v) is 4.53. The summed E-state index contributed by atoms with van der Waals surface area (Å²) in [7, 11) is 0. The number of aromatic nitrogens is 3. The van der Waals surface area contributed by atoms with Crippen molar-refractivity contribution in [2.75, 3.05) is 49.6 Å². The second-order valence-electron chi connectivity index (χ2n) is 8.42. The van der Waals surface area contributed by atoms with E-state index in [1.165, 1.54) is 24.1 Å². The van der Waals surface area contributed by atoms with E-state index in [-0.39, 0.29) is 0 Å². The van der Waals surface area contributed by atoms with E-state index in [9.17, 15) is 0 Å². The highest BCUT2D eigenvalue weighted by Crippen LogP contribution is 2.26. The SMILES string of the molecule is Cc1cc(Nc2ncn(-c3ccccc3)n2)cc(N2CCN(C3CCCOC3)CC2)c1. The van der Waals surface area contributed by atoms with Crippen molar-refractivity contribution in [3.63, 3.8) is 0 Å².